The maximum atomic E-state index is 10.9. The molecule has 0 fully saturated rings. The lowest BCUT2D eigenvalue weighted by Gasteiger charge is -1.98. The number of carbonyl (C=O) groups is 1. The third-order valence-corrected chi connectivity index (χ3v) is 2.19. The van der Waals surface area contributed by atoms with Gasteiger partial charge in [-0.2, -0.15) is 0 Å². The predicted octanol–water partition coefficient (Wildman–Crippen LogP) is 2.27. The van der Waals surface area contributed by atoms with Gasteiger partial charge in [-0.3, -0.25) is 9.78 Å². The van der Waals surface area contributed by atoms with E-state index in [4.69, 9.17) is 0 Å². The first kappa shape index (κ1) is 8.64. The molecule has 0 saturated carbocycles. The first-order valence-corrected chi connectivity index (χ1v) is 4.32. The Kier molecular flexibility index (Phi) is 2.59. The van der Waals surface area contributed by atoms with Gasteiger partial charge in [0.25, 0.3) is 0 Å². The summed E-state index contributed by atoms with van der Waals surface area (Å²) in [6.45, 7) is 3.88. The third-order valence-electron chi connectivity index (χ3n) is 1.57. The molecule has 1 rings (SSSR count). The Balaban J connectivity index is 3.15. The van der Waals surface area contributed by atoms with Crippen molar-refractivity contribution >= 4 is 26.4 Å². The average molecular weight is 261 g/mol. The zero-order chi connectivity index (χ0) is 8.43. The second-order valence-electron chi connectivity index (χ2n) is 2.40. The Hall–Kier alpha value is -0.450. The number of hydrogen-bond acceptors (Lipinski definition) is 2. The predicted molar refractivity (Wildman–Crippen MR) is 52.1 cm³/mol. The molecule has 0 aromatic carbocycles. The summed E-state index contributed by atoms with van der Waals surface area (Å²) in [5.74, 6) is 0. The van der Waals surface area contributed by atoms with Gasteiger partial charge in [0.1, 0.15) is 0 Å². The van der Waals surface area contributed by atoms with Crippen LogP contribution in [0.2, 0.25) is 0 Å². The van der Waals surface area contributed by atoms with Crippen LogP contribution in [0, 0.1) is 13.8 Å². The molecule has 3 heteroatoms. The molecule has 0 aliphatic carbocycles. The highest BCUT2D eigenvalue weighted by atomic mass is 127. The molecule has 0 aliphatic heterocycles. The van der Waals surface area contributed by atoms with Crippen LogP contribution in [0.25, 0.3) is 0 Å². The maximum absolute atomic E-state index is 10.9. The highest BCUT2D eigenvalue weighted by molar-refractivity contribution is 14.1. The van der Waals surface area contributed by atoms with Crippen molar-refractivity contribution < 1.29 is 4.79 Å². The fourth-order valence-corrected chi connectivity index (χ4v) is 1.05. The molecule has 1 aromatic heterocycles. The summed E-state index contributed by atoms with van der Waals surface area (Å²) in [6.07, 6.45) is 1.61. The fraction of sp³-hybridized carbons (Fsp3) is 0.250. The van der Waals surface area contributed by atoms with E-state index in [2.05, 4.69) is 4.98 Å². The Labute approximate surface area is 79.2 Å². The van der Waals surface area contributed by atoms with E-state index >= 15 is 0 Å². The molecule has 0 unspecified atom stereocenters. The molecule has 0 spiro atoms. The van der Waals surface area contributed by atoms with E-state index in [9.17, 15) is 4.79 Å². The van der Waals surface area contributed by atoms with Crippen LogP contribution in [0.3, 0.4) is 0 Å². The summed E-state index contributed by atoms with van der Waals surface area (Å²) in [5, 5.41) is 0. The molecule has 58 valence electrons. The van der Waals surface area contributed by atoms with Gasteiger partial charge in [0, 0.05) is 40.0 Å². The van der Waals surface area contributed by atoms with E-state index in [0.717, 1.165) is 11.3 Å². The van der Waals surface area contributed by atoms with Crippen molar-refractivity contribution in [1.29, 1.82) is 0 Å². The summed E-state index contributed by atoms with van der Waals surface area (Å²) in [6, 6.07) is 1.86. The molecule has 0 saturated heterocycles. The molecular formula is C8H8INO. The number of aryl methyl sites for hydroxylation is 2. The molecule has 0 atom stereocenters. The van der Waals surface area contributed by atoms with Crippen LogP contribution in [0.5, 0.6) is 0 Å². The topological polar surface area (TPSA) is 30.0 Å². The molecule has 1 heterocycles. The van der Waals surface area contributed by atoms with Crippen LogP contribution >= 0.6 is 22.6 Å². The lowest BCUT2D eigenvalue weighted by molar-refractivity contribution is 0.110. The number of pyridine rings is 1. The number of aromatic nitrogens is 1. The van der Waals surface area contributed by atoms with Gasteiger partial charge < -0.3 is 0 Å². The van der Waals surface area contributed by atoms with Crippen molar-refractivity contribution in [3.05, 3.63) is 29.1 Å². The number of carbonyl (C=O) groups excluding carboxylic acids is 1. The van der Waals surface area contributed by atoms with E-state index in [0.29, 0.717) is 5.56 Å². The second-order valence-corrected chi connectivity index (χ2v) is 3.38. The smallest absolute Gasteiger partial charge is 0.223 e. The van der Waals surface area contributed by atoms with Gasteiger partial charge in [0.15, 0.2) is 0 Å². The average Bonchev–Trinajstić information content (AvgIpc) is 1.94. The summed E-state index contributed by atoms with van der Waals surface area (Å²) in [4.78, 5) is 14.9. The number of nitrogens with zero attached hydrogens (tertiary/aromatic N) is 1. The Morgan fingerprint density at radius 3 is 2.64 bits per heavy atom. The normalized spacial score (nSPS) is 9.73. The maximum Gasteiger partial charge on any atom is 0.223 e. The Morgan fingerprint density at radius 2 is 2.18 bits per heavy atom. The van der Waals surface area contributed by atoms with Crippen LogP contribution in [0.15, 0.2) is 12.3 Å². The first-order chi connectivity index (χ1) is 5.11. The van der Waals surface area contributed by atoms with Crippen LogP contribution in [-0.4, -0.2) is 8.77 Å². The quantitative estimate of drug-likeness (QED) is 0.573. The van der Waals surface area contributed by atoms with Gasteiger partial charge in [0.05, 0.1) is 0 Å². The van der Waals surface area contributed by atoms with Gasteiger partial charge >= 0.3 is 0 Å². The molecule has 0 bridgehead atoms. The van der Waals surface area contributed by atoms with Gasteiger partial charge in [-0.15, -0.1) is 0 Å². The molecule has 1 aromatic rings. The summed E-state index contributed by atoms with van der Waals surface area (Å²) in [5.41, 5.74) is 2.72. The van der Waals surface area contributed by atoms with Crippen molar-refractivity contribution in [3.8, 4) is 0 Å². The summed E-state index contributed by atoms with van der Waals surface area (Å²) < 4.78 is 0.0400. The van der Waals surface area contributed by atoms with Crippen molar-refractivity contribution in [3.63, 3.8) is 0 Å². The van der Waals surface area contributed by atoms with Gasteiger partial charge in [-0.1, -0.05) is 0 Å². The van der Waals surface area contributed by atoms with Gasteiger partial charge in [0.2, 0.25) is 3.79 Å². The standard InChI is InChI=1S/C8H8INO/c1-5-3-7(8(9)11)4-10-6(5)2/h3-4H,1-2H3. The van der Waals surface area contributed by atoms with E-state index in [-0.39, 0.29) is 3.79 Å². The lowest BCUT2D eigenvalue weighted by Crippen LogP contribution is -1.93. The zero-order valence-electron chi connectivity index (χ0n) is 6.39. The summed E-state index contributed by atoms with van der Waals surface area (Å²) in [7, 11) is 0. The summed E-state index contributed by atoms with van der Waals surface area (Å²) >= 11 is 1.76. The zero-order valence-corrected chi connectivity index (χ0v) is 8.55. The second kappa shape index (κ2) is 3.30. The molecule has 0 radical (unpaired) electrons. The third kappa shape index (κ3) is 1.99. The van der Waals surface area contributed by atoms with Crippen LogP contribution in [0.4, 0.5) is 0 Å². The van der Waals surface area contributed by atoms with E-state index in [1.165, 1.54) is 0 Å². The van der Waals surface area contributed by atoms with Crippen LogP contribution in [-0.2, 0) is 0 Å². The van der Waals surface area contributed by atoms with Crippen LogP contribution in [0.1, 0.15) is 21.6 Å². The van der Waals surface area contributed by atoms with Crippen molar-refractivity contribution in [1.82, 2.24) is 4.98 Å². The van der Waals surface area contributed by atoms with Crippen LogP contribution < -0.4 is 0 Å². The SMILES string of the molecule is Cc1cc(C(=O)I)cnc1C. The molecule has 0 N–H and O–H groups in total. The van der Waals surface area contributed by atoms with Crippen molar-refractivity contribution in [2.45, 2.75) is 13.8 Å². The van der Waals surface area contributed by atoms with E-state index < -0.39 is 0 Å². The van der Waals surface area contributed by atoms with Crippen molar-refractivity contribution in [2.75, 3.05) is 0 Å². The van der Waals surface area contributed by atoms with Gasteiger partial charge in [-0.25, -0.2) is 0 Å². The fourth-order valence-electron chi connectivity index (χ4n) is 0.751. The molecule has 0 aliphatic rings. The largest absolute Gasteiger partial charge is 0.282 e. The first-order valence-electron chi connectivity index (χ1n) is 3.24. The Bertz CT molecular complexity index is 296. The monoisotopic (exact) mass is 261 g/mol. The highest BCUT2D eigenvalue weighted by Gasteiger charge is 2.02. The van der Waals surface area contributed by atoms with E-state index in [1.54, 1.807) is 28.8 Å². The highest BCUT2D eigenvalue weighted by Crippen LogP contribution is 2.09. The molecular weight excluding hydrogens is 253 g/mol. The van der Waals surface area contributed by atoms with Crippen molar-refractivity contribution in [2.24, 2.45) is 0 Å². The minimum absolute atomic E-state index is 0.0400. The van der Waals surface area contributed by atoms with Gasteiger partial charge in [-0.05, 0) is 25.5 Å². The minimum atomic E-state index is 0.0400. The number of hydrogen-bond donors (Lipinski definition) is 0. The Morgan fingerprint density at radius 1 is 1.55 bits per heavy atom. The van der Waals surface area contributed by atoms with E-state index in [1.807, 2.05) is 19.9 Å². The molecule has 11 heavy (non-hydrogen) atoms. The molecule has 0 amide bonds. The lowest BCUT2D eigenvalue weighted by atomic mass is 10.2. The minimum Gasteiger partial charge on any atom is -0.282 e. The number of halogens is 1. The number of rotatable bonds is 1. The molecule has 2 nitrogen and oxygen atoms in total.